The number of aliphatic hydroxyl groups is 6. The van der Waals surface area contributed by atoms with E-state index in [9.17, 15) is 30.6 Å². The molecule has 0 unspecified atom stereocenters. The van der Waals surface area contributed by atoms with Crippen LogP contribution in [0.4, 0.5) is 0 Å². The van der Waals surface area contributed by atoms with E-state index in [1.54, 1.807) is 19.9 Å². The van der Waals surface area contributed by atoms with Gasteiger partial charge in [-0.3, -0.25) is 0 Å². The maximum Gasteiger partial charge on any atom is 0.186 e. The van der Waals surface area contributed by atoms with E-state index in [4.69, 9.17) is 47.4 Å². The Labute approximate surface area is 274 Å². The van der Waals surface area contributed by atoms with Crippen LogP contribution in [0, 0.1) is 6.92 Å². The fourth-order valence-electron chi connectivity index (χ4n) is 4.71. The zero-order chi connectivity index (χ0) is 34.2. The van der Waals surface area contributed by atoms with Crippen molar-refractivity contribution in [3.05, 3.63) is 23.8 Å². The van der Waals surface area contributed by atoms with Gasteiger partial charge in [0.05, 0.1) is 78.3 Å². The summed E-state index contributed by atoms with van der Waals surface area (Å²) in [5.74, 6) is 1.30. The molecule has 1 aromatic rings. The summed E-state index contributed by atoms with van der Waals surface area (Å²) in [7, 11) is 0. The molecule has 16 heteroatoms. The van der Waals surface area contributed by atoms with Crippen molar-refractivity contribution in [1.82, 2.24) is 0 Å². The minimum absolute atomic E-state index is 0.138. The summed E-state index contributed by atoms with van der Waals surface area (Å²) >= 11 is 0. The number of hydrogen-bond acceptors (Lipinski definition) is 16. The lowest BCUT2D eigenvalue weighted by Crippen LogP contribution is -2.57. The largest absolute Gasteiger partial charge is 0.491 e. The molecule has 2 aliphatic rings. The van der Waals surface area contributed by atoms with E-state index in [0.717, 1.165) is 5.56 Å². The van der Waals surface area contributed by atoms with Crippen molar-refractivity contribution in [3.63, 3.8) is 0 Å². The molecule has 272 valence electrons. The minimum Gasteiger partial charge on any atom is -0.491 e. The second-order valence-electron chi connectivity index (χ2n) is 11.2. The van der Waals surface area contributed by atoms with Gasteiger partial charge in [-0.2, -0.15) is 0 Å². The Balaban J connectivity index is 1.14. The molecule has 16 nitrogen and oxygen atoms in total. The van der Waals surface area contributed by atoms with Gasteiger partial charge < -0.3 is 78.0 Å². The number of ether oxygens (including phenoxy) is 10. The molecule has 0 saturated carbocycles. The van der Waals surface area contributed by atoms with E-state index in [1.165, 1.54) is 0 Å². The molecule has 0 amide bonds. The normalized spacial score (nSPS) is 31.2. The molecule has 0 bridgehead atoms. The van der Waals surface area contributed by atoms with Crippen LogP contribution in [-0.4, -0.2) is 171 Å². The Bertz CT molecular complexity index is 915. The van der Waals surface area contributed by atoms with Crippen molar-refractivity contribution in [1.29, 1.82) is 0 Å². The lowest BCUT2D eigenvalue weighted by atomic mass is 10.0. The summed E-state index contributed by atoms with van der Waals surface area (Å²) in [6.45, 7) is 8.62. The van der Waals surface area contributed by atoms with Crippen molar-refractivity contribution < 1.29 is 78.0 Å². The predicted octanol–water partition coefficient (Wildman–Crippen LogP) is -1.49. The molecule has 6 N–H and O–H groups in total. The van der Waals surface area contributed by atoms with E-state index in [2.05, 4.69) is 0 Å². The summed E-state index contributed by atoms with van der Waals surface area (Å²) in [5.41, 5.74) is 0.975. The van der Waals surface area contributed by atoms with E-state index in [-0.39, 0.29) is 26.4 Å². The third-order valence-electron chi connectivity index (χ3n) is 7.40. The van der Waals surface area contributed by atoms with Crippen LogP contribution >= 0.6 is 0 Å². The first-order valence-corrected chi connectivity index (χ1v) is 15.9. The van der Waals surface area contributed by atoms with E-state index < -0.39 is 61.4 Å². The summed E-state index contributed by atoms with van der Waals surface area (Å²) in [5, 5.41) is 58.9. The molecular weight excluding hydrogens is 628 g/mol. The third-order valence-corrected chi connectivity index (χ3v) is 7.40. The van der Waals surface area contributed by atoms with Gasteiger partial charge in [0.1, 0.15) is 61.3 Å². The molecule has 0 radical (unpaired) electrons. The number of rotatable bonds is 22. The van der Waals surface area contributed by atoms with Crippen LogP contribution in [0.1, 0.15) is 19.4 Å². The molecule has 47 heavy (non-hydrogen) atoms. The lowest BCUT2D eigenvalue weighted by Gasteiger charge is -2.38. The molecule has 2 heterocycles. The monoisotopic (exact) mass is 680 g/mol. The Kier molecular flexibility index (Phi) is 18.0. The molecule has 2 saturated heterocycles. The second-order valence-corrected chi connectivity index (χ2v) is 11.2. The highest BCUT2D eigenvalue weighted by Crippen LogP contribution is 2.24. The first-order valence-electron chi connectivity index (χ1n) is 15.9. The SMILES string of the molecule is Cc1cc(OCCOCCOCCO[C@@H]2O[C@@H](C)[C@H](O)[C@@H](O)[C@H]2O)cc(OCCOCCOCCO[C@@H]2O[C@@H](C)[C@H](O)[C@@H](O)[C@H]2O)c1. The smallest absolute Gasteiger partial charge is 0.186 e. The van der Waals surface area contributed by atoms with Crippen LogP contribution in [0.25, 0.3) is 0 Å². The maximum atomic E-state index is 9.94. The van der Waals surface area contributed by atoms with E-state index >= 15 is 0 Å². The average Bonchev–Trinajstić information content (AvgIpc) is 3.05. The summed E-state index contributed by atoms with van der Waals surface area (Å²) in [4.78, 5) is 0. The molecule has 0 aromatic heterocycles. The Hall–Kier alpha value is -1.74. The van der Waals surface area contributed by atoms with Gasteiger partial charge in [-0.05, 0) is 38.5 Å². The van der Waals surface area contributed by atoms with Crippen LogP contribution in [0.3, 0.4) is 0 Å². The molecule has 0 aliphatic carbocycles. The topological polar surface area (TPSA) is 214 Å². The molecule has 2 fully saturated rings. The fraction of sp³-hybridized carbons (Fsp3) is 0.806. The molecule has 2 aliphatic heterocycles. The van der Waals surface area contributed by atoms with Gasteiger partial charge in [0.25, 0.3) is 0 Å². The second kappa shape index (κ2) is 21.4. The van der Waals surface area contributed by atoms with Crippen molar-refractivity contribution in [3.8, 4) is 11.5 Å². The Morgan fingerprint density at radius 1 is 0.468 bits per heavy atom. The van der Waals surface area contributed by atoms with Crippen LogP contribution in [0.2, 0.25) is 0 Å². The number of aryl methyl sites for hydroxylation is 1. The standard InChI is InChI=1S/C31H52O16/c1-19-16-22(42-12-8-38-4-6-40-10-14-44-30-28(36)26(34)24(32)20(2)46-30)18-23(17-19)43-13-9-39-5-7-41-11-15-45-31-29(37)27(35)25(33)21(3)47-31/h16-18,20-21,24-37H,4-15H2,1-3H3/t20-,21-,24-,25-,26+,27+,28+,29+,30+,31+/m0/s1. The first kappa shape index (κ1) is 39.7. The number of hydrogen-bond donors (Lipinski definition) is 6. The maximum absolute atomic E-state index is 9.94. The van der Waals surface area contributed by atoms with Gasteiger partial charge >= 0.3 is 0 Å². The molecular formula is C31H52O16. The van der Waals surface area contributed by atoms with Gasteiger partial charge in [0.15, 0.2) is 12.6 Å². The molecule has 1 aromatic carbocycles. The Morgan fingerprint density at radius 3 is 1.19 bits per heavy atom. The van der Waals surface area contributed by atoms with Crippen LogP contribution in [0.15, 0.2) is 18.2 Å². The van der Waals surface area contributed by atoms with Gasteiger partial charge in [0.2, 0.25) is 0 Å². The van der Waals surface area contributed by atoms with Crippen molar-refractivity contribution in [2.45, 2.75) is 82.2 Å². The molecule has 3 rings (SSSR count). The van der Waals surface area contributed by atoms with Gasteiger partial charge in [0, 0.05) is 6.07 Å². The predicted molar refractivity (Wildman–Crippen MR) is 162 cm³/mol. The average molecular weight is 681 g/mol. The summed E-state index contributed by atoms with van der Waals surface area (Å²) in [6, 6.07) is 5.59. The highest BCUT2D eigenvalue weighted by molar-refractivity contribution is 5.37. The summed E-state index contributed by atoms with van der Waals surface area (Å²) in [6.07, 6.45) is -11.1. The highest BCUT2D eigenvalue weighted by Gasteiger charge is 2.43. The zero-order valence-corrected chi connectivity index (χ0v) is 27.3. The van der Waals surface area contributed by atoms with Crippen LogP contribution in [-0.2, 0) is 37.9 Å². The van der Waals surface area contributed by atoms with Gasteiger partial charge in [-0.15, -0.1) is 0 Å². The lowest BCUT2D eigenvalue weighted by molar-refractivity contribution is -0.294. The van der Waals surface area contributed by atoms with E-state index in [1.807, 2.05) is 19.1 Å². The van der Waals surface area contributed by atoms with Crippen LogP contribution in [0.5, 0.6) is 11.5 Å². The van der Waals surface area contributed by atoms with E-state index in [0.29, 0.717) is 64.4 Å². The summed E-state index contributed by atoms with van der Waals surface area (Å²) < 4.78 is 55.0. The van der Waals surface area contributed by atoms with Crippen molar-refractivity contribution in [2.75, 3.05) is 79.3 Å². The third kappa shape index (κ3) is 13.6. The van der Waals surface area contributed by atoms with Gasteiger partial charge in [-0.1, -0.05) is 0 Å². The molecule has 0 spiro atoms. The quantitative estimate of drug-likeness (QED) is 0.0770. The highest BCUT2D eigenvalue weighted by atomic mass is 16.7. The molecule has 10 atom stereocenters. The number of aliphatic hydroxyl groups excluding tert-OH is 6. The van der Waals surface area contributed by atoms with Gasteiger partial charge in [-0.25, -0.2) is 0 Å². The number of benzene rings is 1. The van der Waals surface area contributed by atoms with Crippen molar-refractivity contribution in [2.24, 2.45) is 0 Å². The zero-order valence-electron chi connectivity index (χ0n) is 27.3. The first-order chi connectivity index (χ1) is 22.6. The van der Waals surface area contributed by atoms with Crippen LogP contribution < -0.4 is 9.47 Å². The van der Waals surface area contributed by atoms with Crippen molar-refractivity contribution >= 4 is 0 Å². The minimum atomic E-state index is -1.34. The Morgan fingerprint density at radius 2 is 0.809 bits per heavy atom. The fourth-order valence-corrected chi connectivity index (χ4v) is 4.71.